The van der Waals surface area contributed by atoms with Gasteiger partial charge in [-0.3, -0.25) is 4.79 Å². The quantitative estimate of drug-likeness (QED) is 0.216. The first kappa shape index (κ1) is 27.8. The van der Waals surface area contributed by atoms with E-state index in [9.17, 15) is 15.0 Å². The maximum atomic E-state index is 11.2. The van der Waals surface area contributed by atoms with E-state index in [4.69, 9.17) is 24.7 Å². The van der Waals surface area contributed by atoms with Gasteiger partial charge in [0.05, 0.1) is 18.8 Å². The normalized spacial score (nSPS) is 11.6. The number of methoxy groups -OCH3 is 1. The molecule has 1 amide bonds. The van der Waals surface area contributed by atoms with Gasteiger partial charge >= 0.3 is 0 Å². The number of ether oxygens (including phenoxy) is 4. The van der Waals surface area contributed by atoms with Gasteiger partial charge in [-0.1, -0.05) is 24.3 Å². The number of nitrogens with two attached hydrogens (primary N) is 1. The van der Waals surface area contributed by atoms with Crippen LogP contribution in [-0.2, 0) is 17.7 Å². The minimum absolute atomic E-state index is 0.0533. The van der Waals surface area contributed by atoms with Crippen molar-refractivity contribution >= 4 is 5.91 Å². The molecule has 3 aromatic carbocycles. The zero-order valence-electron chi connectivity index (χ0n) is 20.9. The molecule has 1 unspecified atom stereocenters. The van der Waals surface area contributed by atoms with Gasteiger partial charge in [0.2, 0.25) is 0 Å². The molecule has 0 spiro atoms. The molecular weight excluding hydrogens is 476 g/mol. The van der Waals surface area contributed by atoms with Gasteiger partial charge in [-0.15, -0.1) is 0 Å². The van der Waals surface area contributed by atoms with Crippen LogP contribution >= 0.6 is 0 Å². The van der Waals surface area contributed by atoms with Crippen LogP contribution in [0.25, 0.3) is 0 Å². The predicted octanol–water partition coefficient (Wildman–Crippen LogP) is 2.67. The van der Waals surface area contributed by atoms with Crippen molar-refractivity contribution in [2.75, 3.05) is 40.1 Å². The van der Waals surface area contributed by atoms with Crippen molar-refractivity contribution in [3.8, 4) is 23.0 Å². The molecule has 0 aliphatic carbocycles. The van der Waals surface area contributed by atoms with Crippen molar-refractivity contribution in [2.45, 2.75) is 19.1 Å². The Kier molecular flexibility index (Phi) is 11.0. The number of aromatic hydroxyl groups is 1. The molecule has 0 radical (unpaired) electrons. The molecule has 3 rings (SSSR count). The van der Waals surface area contributed by atoms with Crippen molar-refractivity contribution in [3.63, 3.8) is 0 Å². The highest BCUT2D eigenvalue weighted by atomic mass is 16.5. The maximum Gasteiger partial charge on any atom is 0.252 e. The summed E-state index contributed by atoms with van der Waals surface area (Å²) in [4.78, 5) is 11.2. The third-order valence-corrected chi connectivity index (χ3v) is 5.51. The van der Waals surface area contributed by atoms with Crippen LogP contribution < -0.4 is 25.3 Å². The Morgan fingerprint density at radius 2 is 1.54 bits per heavy atom. The summed E-state index contributed by atoms with van der Waals surface area (Å²) < 4.78 is 21.9. The summed E-state index contributed by atoms with van der Waals surface area (Å²) in [5.41, 5.74) is 7.46. The number of rotatable bonds is 16. The van der Waals surface area contributed by atoms with Crippen molar-refractivity contribution in [1.29, 1.82) is 0 Å². The number of hydrogen-bond donors (Lipinski definition) is 4. The van der Waals surface area contributed by atoms with Crippen molar-refractivity contribution < 1.29 is 34.0 Å². The molecule has 37 heavy (non-hydrogen) atoms. The Bertz CT molecular complexity index is 1120. The van der Waals surface area contributed by atoms with E-state index in [0.29, 0.717) is 50.8 Å². The average Bonchev–Trinajstić information content (AvgIpc) is 2.89. The second-order valence-corrected chi connectivity index (χ2v) is 8.32. The fraction of sp³-hybridized carbons (Fsp3) is 0.321. The van der Waals surface area contributed by atoms with Crippen molar-refractivity contribution in [2.24, 2.45) is 5.73 Å². The van der Waals surface area contributed by atoms with Crippen LogP contribution in [0.1, 0.15) is 21.5 Å². The van der Waals surface area contributed by atoms with Crippen molar-refractivity contribution in [1.82, 2.24) is 5.32 Å². The van der Waals surface area contributed by atoms with Gasteiger partial charge in [0.25, 0.3) is 5.91 Å². The summed E-state index contributed by atoms with van der Waals surface area (Å²) in [7, 11) is 1.62. The number of carbonyl (C=O) groups is 1. The van der Waals surface area contributed by atoms with Gasteiger partial charge in [-0.25, -0.2) is 0 Å². The molecule has 198 valence electrons. The van der Waals surface area contributed by atoms with E-state index < -0.39 is 12.0 Å². The highest BCUT2D eigenvalue weighted by molar-refractivity contribution is 5.95. The number of hydrogen-bond acceptors (Lipinski definition) is 8. The van der Waals surface area contributed by atoms with E-state index in [1.807, 2.05) is 36.4 Å². The lowest BCUT2D eigenvalue weighted by Gasteiger charge is -2.15. The lowest BCUT2D eigenvalue weighted by Crippen LogP contribution is -2.31. The monoisotopic (exact) mass is 510 g/mol. The lowest BCUT2D eigenvalue weighted by atomic mass is 10.0. The SMILES string of the molecule is COCCOc1ccc(OCC(O)CNCc2ccccc2CCOc2ccc(C(N)=O)c(O)c2)cc1. The minimum atomic E-state index is -0.694. The number of benzene rings is 3. The molecule has 0 bridgehead atoms. The molecule has 0 saturated carbocycles. The van der Waals surface area contributed by atoms with Crippen LogP contribution in [0.15, 0.2) is 66.7 Å². The number of amides is 1. The molecule has 0 heterocycles. The second-order valence-electron chi connectivity index (χ2n) is 8.32. The molecule has 0 aliphatic rings. The Balaban J connectivity index is 1.39. The summed E-state index contributed by atoms with van der Waals surface area (Å²) in [6.45, 7) is 2.50. The highest BCUT2D eigenvalue weighted by Crippen LogP contribution is 2.23. The van der Waals surface area contributed by atoms with Gasteiger partial charge in [0, 0.05) is 32.7 Å². The molecule has 0 fully saturated rings. The fourth-order valence-electron chi connectivity index (χ4n) is 3.56. The van der Waals surface area contributed by atoms with E-state index in [0.717, 1.165) is 16.9 Å². The molecule has 9 nitrogen and oxygen atoms in total. The topological polar surface area (TPSA) is 132 Å². The number of carbonyl (C=O) groups excluding carboxylic acids is 1. The van der Waals surface area contributed by atoms with Gasteiger partial charge < -0.3 is 40.2 Å². The van der Waals surface area contributed by atoms with Crippen LogP contribution in [0.2, 0.25) is 0 Å². The molecule has 3 aromatic rings. The van der Waals surface area contributed by atoms with Gasteiger partial charge in [-0.05, 0) is 47.5 Å². The van der Waals surface area contributed by atoms with Crippen LogP contribution in [-0.4, -0.2) is 62.3 Å². The van der Waals surface area contributed by atoms with E-state index in [2.05, 4.69) is 5.32 Å². The summed E-state index contributed by atoms with van der Waals surface area (Å²) in [6, 6.07) is 19.6. The molecule has 1 atom stereocenters. The number of aliphatic hydroxyl groups is 1. The highest BCUT2D eigenvalue weighted by Gasteiger charge is 2.10. The zero-order valence-corrected chi connectivity index (χ0v) is 20.9. The van der Waals surface area contributed by atoms with Gasteiger partial charge in [0.15, 0.2) is 0 Å². The third-order valence-electron chi connectivity index (χ3n) is 5.51. The summed E-state index contributed by atoms with van der Waals surface area (Å²) in [5, 5.41) is 23.5. The second kappa shape index (κ2) is 14.7. The number of primary amides is 1. The van der Waals surface area contributed by atoms with Gasteiger partial charge in [-0.2, -0.15) is 0 Å². The van der Waals surface area contributed by atoms with E-state index in [1.165, 1.54) is 12.1 Å². The van der Waals surface area contributed by atoms with Gasteiger partial charge in [0.1, 0.15) is 42.3 Å². The fourth-order valence-corrected chi connectivity index (χ4v) is 3.56. The van der Waals surface area contributed by atoms with Crippen molar-refractivity contribution in [3.05, 3.63) is 83.4 Å². The van der Waals surface area contributed by atoms with E-state index in [1.54, 1.807) is 25.3 Å². The van der Waals surface area contributed by atoms with E-state index >= 15 is 0 Å². The van der Waals surface area contributed by atoms with Crippen LogP contribution in [0.3, 0.4) is 0 Å². The summed E-state index contributed by atoms with van der Waals surface area (Å²) in [6.07, 6.45) is -0.0308. The average molecular weight is 511 g/mol. The molecule has 0 aliphatic heterocycles. The molecular formula is C28H34N2O7. The lowest BCUT2D eigenvalue weighted by molar-refractivity contribution is 0.0997. The third kappa shape index (κ3) is 9.30. The maximum absolute atomic E-state index is 11.2. The minimum Gasteiger partial charge on any atom is -0.507 e. The van der Waals surface area contributed by atoms with Crippen LogP contribution in [0, 0.1) is 0 Å². The van der Waals surface area contributed by atoms with E-state index in [-0.39, 0.29) is 17.9 Å². The van der Waals surface area contributed by atoms with Crippen LogP contribution in [0.5, 0.6) is 23.0 Å². The molecule has 9 heteroatoms. The Morgan fingerprint density at radius 1 is 0.892 bits per heavy atom. The number of nitrogens with one attached hydrogen (secondary N) is 1. The summed E-state index contributed by atoms with van der Waals surface area (Å²) in [5.74, 6) is 0.937. The molecule has 0 aromatic heterocycles. The number of aliphatic hydroxyl groups excluding tert-OH is 1. The molecule has 0 saturated heterocycles. The first-order valence-electron chi connectivity index (χ1n) is 12.0. The zero-order chi connectivity index (χ0) is 26.5. The first-order chi connectivity index (χ1) is 18.0. The smallest absolute Gasteiger partial charge is 0.252 e. The summed E-state index contributed by atoms with van der Waals surface area (Å²) >= 11 is 0. The number of phenols is 1. The standard InChI is InChI=1S/C28H34N2O7/c1-34-14-15-36-23-6-8-24(9-7-23)37-19-22(31)18-30-17-21-5-3-2-4-20(21)12-13-35-25-10-11-26(28(29)33)27(32)16-25/h2-11,16,22,30-32H,12-15,17-19H2,1H3,(H2,29,33). The molecule has 5 N–H and O–H groups in total. The Labute approximate surface area is 216 Å². The van der Waals surface area contributed by atoms with Crippen LogP contribution in [0.4, 0.5) is 0 Å². The Hall–Kier alpha value is -3.79. The Morgan fingerprint density at radius 3 is 2.22 bits per heavy atom. The largest absolute Gasteiger partial charge is 0.507 e. The first-order valence-corrected chi connectivity index (χ1v) is 12.0. The predicted molar refractivity (Wildman–Crippen MR) is 139 cm³/mol.